The summed E-state index contributed by atoms with van der Waals surface area (Å²) in [5, 5.41) is 9.69. The summed E-state index contributed by atoms with van der Waals surface area (Å²) in [5.74, 6) is 0.194. The number of aromatic nitrogens is 2. The quantitative estimate of drug-likeness (QED) is 0.653. The van der Waals surface area contributed by atoms with Gasteiger partial charge >= 0.3 is 0 Å². The first kappa shape index (κ1) is 21.5. The van der Waals surface area contributed by atoms with Gasteiger partial charge in [0.05, 0.1) is 32.3 Å². The van der Waals surface area contributed by atoms with Crippen LogP contribution in [0.15, 0.2) is 35.2 Å². The standard InChI is InChI=1S/C20H24N4O3S.ClH/c1-20(12-25)7-9-23(10-8-20)19-16(28(2)27)11-13(17(21)26)18-22-14-5-3-4-6-15(14)24(18)19;/h3-6,11,25H,7-10,12H2,1-2H3,(H2,21,26);1H. The number of pyridine rings is 1. The van der Waals surface area contributed by atoms with E-state index in [2.05, 4.69) is 16.8 Å². The van der Waals surface area contributed by atoms with Gasteiger partial charge in [0.2, 0.25) is 0 Å². The zero-order valence-electron chi connectivity index (χ0n) is 16.4. The van der Waals surface area contributed by atoms with Gasteiger partial charge in [-0.2, -0.15) is 0 Å². The number of hydrogen-bond donors (Lipinski definition) is 2. The van der Waals surface area contributed by atoms with Gasteiger partial charge in [0.15, 0.2) is 5.65 Å². The van der Waals surface area contributed by atoms with Crippen LogP contribution in [0, 0.1) is 5.41 Å². The van der Waals surface area contributed by atoms with Gasteiger partial charge in [-0.05, 0) is 36.5 Å². The normalized spacial score (nSPS) is 17.3. The van der Waals surface area contributed by atoms with Crippen LogP contribution in [-0.4, -0.2) is 50.6 Å². The number of aliphatic hydroxyl groups is 1. The molecule has 1 atom stereocenters. The van der Waals surface area contributed by atoms with Gasteiger partial charge in [-0.3, -0.25) is 13.4 Å². The molecule has 0 spiro atoms. The molecule has 156 valence electrons. The van der Waals surface area contributed by atoms with E-state index >= 15 is 0 Å². The number of imidazole rings is 1. The summed E-state index contributed by atoms with van der Waals surface area (Å²) >= 11 is 0. The van der Waals surface area contributed by atoms with E-state index in [1.807, 2.05) is 28.7 Å². The molecule has 0 bridgehead atoms. The Morgan fingerprint density at radius 3 is 2.55 bits per heavy atom. The number of nitrogens with zero attached hydrogens (tertiary/aromatic N) is 3. The first-order chi connectivity index (χ1) is 13.3. The van der Waals surface area contributed by atoms with E-state index in [0.29, 0.717) is 10.5 Å². The van der Waals surface area contributed by atoms with Gasteiger partial charge in [0.1, 0.15) is 5.82 Å². The lowest BCUT2D eigenvalue weighted by Crippen LogP contribution is -2.41. The van der Waals surface area contributed by atoms with Crippen molar-refractivity contribution in [3.05, 3.63) is 35.9 Å². The van der Waals surface area contributed by atoms with Gasteiger partial charge < -0.3 is 15.7 Å². The summed E-state index contributed by atoms with van der Waals surface area (Å²) in [6, 6.07) is 9.25. The van der Waals surface area contributed by atoms with Gasteiger partial charge in [0, 0.05) is 26.0 Å². The van der Waals surface area contributed by atoms with Gasteiger partial charge in [-0.25, -0.2) is 4.98 Å². The van der Waals surface area contributed by atoms with Crippen LogP contribution < -0.4 is 10.6 Å². The number of benzene rings is 1. The second-order valence-corrected chi connectivity index (χ2v) is 9.13. The summed E-state index contributed by atoms with van der Waals surface area (Å²) in [5.41, 5.74) is 7.86. The fourth-order valence-electron chi connectivity index (χ4n) is 3.90. The zero-order chi connectivity index (χ0) is 20.1. The Bertz CT molecular complexity index is 1110. The maximum atomic E-state index is 12.6. The Morgan fingerprint density at radius 2 is 1.97 bits per heavy atom. The van der Waals surface area contributed by atoms with Crippen molar-refractivity contribution in [1.82, 2.24) is 9.38 Å². The molecular formula is C20H25ClN4O3S. The van der Waals surface area contributed by atoms with Crippen molar-refractivity contribution < 1.29 is 14.1 Å². The number of amides is 1. The van der Waals surface area contributed by atoms with Crippen LogP contribution in [0.3, 0.4) is 0 Å². The third kappa shape index (κ3) is 3.60. The highest BCUT2D eigenvalue weighted by atomic mass is 35.5. The Balaban J connectivity index is 0.00000240. The van der Waals surface area contributed by atoms with Gasteiger partial charge in [-0.15, -0.1) is 12.4 Å². The largest absolute Gasteiger partial charge is 0.396 e. The number of rotatable bonds is 4. The number of hydrogen-bond acceptors (Lipinski definition) is 5. The molecule has 1 saturated heterocycles. The molecule has 0 radical (unpaired) electrons. The minimum atomic E-state index is -1.32. The number of primary amides is 1. The van der Waals surface area contributed by atoms with E-state index in [9.17, 15) is 14.1 Å². The van der Waals surface area contributed by atoms with Crippen molar-refractivity contribution in [2.75, 3.05) is 30.9 Å². The van der Waals surface area contributed by atoms with Crippen LogP contribution in [0.1, 0.15) is 30.1 Å². The molecule has 1 unspecified atom stereocenters. The summed E-state index contributed by atoms with van der Waals surface area (Å²) in [6.45, 7) is 3.68. The summed E-state index contributed by atoms with van der Waals surface area (Å²) in [4.78, 5) is 19.5. The average molecular weight is 437 g/mol. The molecule has 7 nitrogen and oxygen atoms in total. The van der Waals surface area contributed by atoms with Crippen molar-refractivity contribution in [2.24, 2.45) is 11.1 Å². The third-order valence-corrected chi connectivity index (χ3v) is 6.66. The van der Waals surface area contributed by atoms with E-state index in [0.717, 1.165) is 42.8 Å². The minimum absolute atomic E-state index is 0. The topological polar surface area (TPSA) is 101 Å². The van der Waals surface area contributed by atoms with Crippen molar-refractivity contribution in [2.45, 2.75) is 24.7 Å². The summed E-state index contributed by atoms with van der Waals surface area (Å²) < 4.78 is 14.5. The molecule has 1 aromatic carbocycles. The molecule has 29 heavy (non-hydrogen) atoms. The number of aliphatic hydroxyl groups excluding tert-OH is 1. The Hall–Kier alpha value is -2.16. The van der Waals surface area contributed by atoms with Crippen LogP contribution >= 0.6 is 12.4 Å². The molecule has 3 N–H and O–H groups in total. The van der Waals surface area contributed by atoms with Crippen LogP contribution in [0.25, 0.3) is 16.7 Å². The average Bonchev–Trinajstić information content (AvgIpc) is 3.06. The smallest absolute Gasteiger partial charge is 0.252 e. The highest BCUT2D eigenvalue weighted by molar-refractivity contribution is 7.84. The first-order valence-electron chi connectivity index (χ1n) is 9.28. The van der Waals surface area contributed by atoms with Crippen molar-refractivity contribution in [1.29, 1.82) is 0 Å². The number of halogens is 1. The van der Waals surface area contributed by atoms with Crippen LogP contribution in [0.2, 0.25) is 0 Å². The second kappa shape index (κ2) is 7.93. The Kier molecular flexibility index (Phi) is 5.89. The maximum absolute atomic E-state index is 12.6. The van der Waals surface area contributed by atoms with E-state index < -0.39 is 16.7 Å². The Morgan fingerprint density at radius 1 is 1.31 bits per heavy atom. The van der Waals surface area contributed by atoms with Crippen LogP contribution in [-0.2, 0) is 10.8 Å². The lowest BCUT2D eigenvalue weighted by molar-refractivity contribution is 0.100. The SMILES string of the molecule is CS(=O)c1cc(C(N)=O)c2nc3ccccc3n2c1N1CCC(C)(CO)CC1.Cl. The second-order valence-electron chi connectivity index (χ2n) is 7.78. The van der Waals surface area contributed by atoms with Crippen molar-refractivity contribution in [3.8, 4) is 0 Å². The zero-order valence-corrected chi connectivity index (χ0v) is 18.1. The highest BCUT2D eigenvalue weighted by Crippen LogP contribution is 2.37. The molecule has 0 aliphatic carbocycles. The lowest BCUT2D eigenvalue weighted by atomic mass is 9.81. The third-order valence-electron chi connectivity index (χ3n) is 5.74. The molecule has 3 aromatic rings. The minimum Gasteiger partial charge on any atom is -0.396 e. The number of nitrogens with two attached hydrogens (primary N) is 1. The number of carbonyl (C=O) groups is 1. The van der Waals surface area contributed by atoms with E-state index in [1.54, 1.807) is 12.3 Å². The first-order valence-corrected chi connectivity index (χ1v) is 10.8. The highest BCUT2D eigenvalue weighted by Gasteiger charge is 2.32. The maximum Gasteiger partial charge on any atom is 0.252 e. The fraction of sp³-hybridized carbons (Fsp3) is 0.400. The number of piperidine rings is 1. The predicted molar refractivity (Wildman–Crippen MR) is 117 cm³/mol. The number of carbonyl (C=O) groups excluding carboxylic acids is 1. The number of para-hydroxylation sites is 2. The van der Waals surface area contributed by atoms with E-state index in [-0.39, 0.29) is 30.0 Å². The fourth-order valence-corrected chi connectivity index (χ4v) is 4.66. The summed E-state index contributed by atoms with van der Waals surface area (Å²) in [7, 11) is -1.32. The molecule has 4 rings (SSSR count). The van der Waals surface area contributed by atoms with E-state index in [4.69, 9.17) is 5.73 Å². The molecule has 9 heteroatoms. The molecule has 2 aromatic heterocycles. The molecule has 1 aliphatic rings. The van der Waals surface area contributed by atoms with Crippen molar-refractivity contribution >= 4 is 51.6 Å². The molecule has 1 amide bonds. The molecule has 0 saturated carbocycles. The monoisotopic (exact) mass is 436 g/mol. The molecular weight excluding hydrogens is 412 g/mol. The van der Waals surface area contributed by atoms with Crippen molar-refractivity contribution in [3.63, 3.8) is 0 Å². The van der Waals surface area contributed by atoms with Crippen LogP contribution in [0.4, 0.5) is 5.82 Å². The molecule has 3 heterocycles. The molecule has 1 aliphatic heterocycles. The predicted octanol–water partition coefficient (Wildman–Crippen LogP) is 2.34. The molecule has 1 fully saturated rings. The number of anilines is 1. The van der Waals surface area contributed by atoms with Gasteiger partial charge in [-0.1, -0.05) is 19.1 Å². The van der Waals surface area contributed by atoms with Gasteiger partial charge in [0.25, 0.3) is 5.91 Å². The number of fused-ring (bicyclic) bond motifs is 3. The lowest BCUT2D eigenvalue weighted by Gasteiger charge is -2.40. The summed E-state index contributed by atoms with van der Waals surface area (Å²) in [6.07, 6.45) is 3.26. The Labute approximate surface area is 177 Å². The van der Waals surface area contributed by atoms with Crippen LogP contribution in [0.5, 0.6) is 0 Å². The van der Waals surface area contributed by atoms with E-state index in [1.165, 1.54) is 0 Å².